The van der Waals surface area contributed by atoms with Crippen LogP contribution in [0, 0.1) is 0 Å². The molecule has 0 aliphatic carbocycles. The number of sulfonamides is 1. The van der Waals surface area contributed by atoms with Crippen LogP contribution in [0.4, 0.5) is 5.69 Å². The van der Waals surface area contributed by atoms with Crippen molar-refractivity contribution in [1.29, 1.82) is 0 Å². The molecule has 0 unspecified atom stereocenters. The van der Waals surface area contributed by atoms with E-state index in [0.717, 1.165) is 0 Å². The van der Waals surface area contributed by atoms with Gasteiger partial charge >= 0.3 is 0 Å². The van der Waals surface area contributed by atoms with E-state index in [9.17, 15) is 18.0 Å². The van der Waals surface area contributed by atoms with E-state index in [0.29, 0.717) is 16.3 Å². The lowest BCUT2D eigenvalue weighted by Crippen LogP contribution is -2.20. The largest absolute Gasteiger partial charge is 0.326 e. The molecule has 1 aliphatic heterocycles. The van der Waals surface area contributed by atoms with Crippen molar-refractivity contribution >= 4 is 39.1 Å². The Balaban J connectivity index is 1.81. The smallest absolute Gasteiger partial charge is 0.266 e. The summed E-state index contributed by atoms with van der Waals surface area (Å²) in [5.41, 5.74) is 1.02. The van der Waals surface area contributed by atoms with Gasteiger partial charge in [0.2, 0.25) is 5.91 Å². The van der Waals surface area contributed by atoms with E-state index in [1.807, 2.05) is 4.72 Å². The zero-order chi connectivity index (χ0) is 16.6. The summed E-state index contributed by atoms with van der Waals surface area (Å²) in [4.78, 5) is 23.4. The van der Waals surface area contributed by atoms with Crippen LogP contribution in [0.5, 0.6) is 0 Å². The number of halogens is 1. The molecule has 118 valence electrons. The van der Waals surface area contributed by atoms with Gasteiger partial charge in [-0.25, -0.2) is 13.1 Å². The Morgan fingerprint density at radius 2 is 1.91 bits per heavy atom. The van der Waals surface area contributed by atoms with Crippen molar-refractivity contribution in [1.82, 2.24) is 4.72 Å². The number of amides is 2. The Bertz CT molecular complexity index is 925. The van der Waals surface area contributed by atoms with Crippen LogP contribution in [0.2, 0.25) is 5.02 Å². The predicted octanol–water partition coefficient (Wildman–Crippen LogP) is 1.95. The molecular weight excluding hydrogens is 340 g/mol. The van der Waals surface area contributed by atoms with Gasteiger partial charge in [-0.05, 0) is 29.8 Å². The van der Waals surface area contributed by atoms with E-state index in [4.69, 9.17) is 11.6 Å². The van der Waals surface area contributed by atoms with Crippen LogP contribution in [-0.4, -0.2) is 20.2 Å². The first-order valence-electron chi connectivity index (χ1n) is 6.61. The van der Waals surface area contributed by atoms with E-state index in [1.54, 1.807) is 24.3 Å². The van der Waals surface area contributed by atoms with Gasteiger partial charge in [0.1, 0.15) is 4.90 Å². The van der Waals surface area contributed by atoms with Gasteiger partial charge in [0.05, 0.1) is 12.0 Å². The van der Waals surface area contributed by atoms with Crippen molar-refractivity contribution in [2.45, 2.75) is 11.3 Å². The second-order valence-corrected chi connectivity index (χ2v) is 7.02. The Kier molecular flexibility index (Phi) is 3.83. The van der Waals surface area contributed by atoms with Crippen molar-refractivity contribution in [2.75, 3.05) is 5.32 Å². The lowest BCUT2D eigenvalue weighted by Gasteiger charge is -2.07. The van der Waals surface area contributed by atoms with Crippen LogP contribution in [0.25, 0.3) is 0 Å². The van der Waals surface area contributed by atoms with Gasteiger partial charge in [-0.1, -0.05) is 29.8 Å². The molecule has 0 spiro atoms. The van der Waals surface area contributed by atoms with Crippen LogP contribution in [0.15, 0.2) is 47.4 Å². The minimum atomic E-state index is -3.85. The zero-order valence-electron chi connectivity index (χ0n) is 11.7. The monoisotopic (exact) mass is 350 g/mol. The fourth-order valence-electron chi connectivity index (χ4n) is 2.26. The Morgan fingerprint density at radius 1 is 1.17 bits per heavy atom. The highest BCUT2D eigenvalue weighted by Gasteiger charge is 2.32. The van der Waals surface area contributed by atoms with E-state index in [2.05, 4.69) is 5.32 Å². The number of carbonyl (C=O) groups is 2. The second-order valence-electron chi connectivity index (χ2n) is 4.96. The minimum Gasteiger partial charge on any atom is -0.326 e. The van der Waals surface area contributed by atoms with Gasteiger partial charge in [0, 0.05) is 10.7 Å². The third-order valence-corrected chi connectivity index (χ3v) is 5.08. The molecule has 0 saturated carbocycles. The molecule has 2 amide bonds. The third-order valence-electron chi connectivity index (χ3n) is 3.34. The van der Waals surface area contributed by atoms with Crippen LogP contribution >= 0.6 is 11.6 Å². The first-order valence-corrected chi connectivity index (χ1v) is 8.47. The Labute approximate surface area is 137 Å². The lowest BCUT2D eigenvalue weighted by molar-refractivity contribution is -0.115. The van der Waals surface area contributed by atoms with Crippen molar-refractivity contribution in [3.8, 4) is 0 Å². The second kappa shape index (κ2) is 5.68. The maximum Gasteiger partial charge on any atom is 0.266 e. The van der Waals surface area contributed by atoms with Crippen LogP contribution in [0.3, 0.4) is 0 Å². The number of fused-ring (bicyclic) bond motifs is 1. The van der Waals surface area contributed by atoms with Crippen molar-refractivity contribution in [3.63, 3.8) is 0 Å². The molecule has 2 aromatic carbocycles. The molecule has 8 heteroatoms. The number of carbonyl (C=O) groups excluding carboxylic acids is 2. The molecular formula is C15H11ClN2O4S. The third kappa shape index (κ3) is 3.06. The van der Waals surface area contributed by atoms with Gasteiger partial charge in [-0.3, -0.25) is 9.59 Å². The van der Waals surface area contributed by atoms with Crippen LogP contribution < -0.4 is 10.0 Å². The quantitative estimate of drug-likeness (QED) is 0.885. The molecule has 0 radical (unpaired) electrons. The lowest BCUT2D eigenvalue weighted by atomic mass is 10.1. The molecule has 1 aliphatic rings. The topological polar surface area (TPSA) is 92.3 Å². The minimum absolute atomic E-state index is 0.0562. The number of benzene rings is 2. The molecule has 3 rings (SSSR count). The average molecular weight is 351 g/mol. The molecule has 0 saturated heterocycles. The number of nitrogens with one attached hydrogen (secondary N) is 2. The molecule has 0 aromatic heterocycles. The summed E-state index contributed by atoms with van der Waals surface area (Å²) >= 11 is 6.00. The summed E-state index contributed by atoms with van der Waals surface area (Å²) in [5, 5.41) is 3.08. The summed E-state index contributed by atoms with van der Waals surface area (Å²) in [7, 11) is -3.85. The first-order chi connectivity index (χ1) is 10.9. The van der Waals surface area contributed by atoms with Crippen LogP contribution in [-0.2, 0) is 21.2 Å². The fourth-order valence-corrected chi connectivity index (χ4v) is 3.66. The summed E-state index contributed by atoms with van der Waals surface area (Å²) in [6.07, 6.45) is 0.0562. The van der Waals surface area contributed by atoms with Crippen molar-refractivity contribution in [2.24, 2.45) is 0 Å². The maximum atomic E-state index is 12.1. The van der Waals surface area contributed by atoms with E-state index >= 15 is 0 Å². The van der Waals surface area contributed by atoms with E-state index in [1.165, 1.54) is 18.2 Å². The van der Waals surface area contributed by atoms with Gasteiger partial charge in [-0.2, -0.15) is 0 Å². The summed E-state index contributed by atoms with van der Waals surface area (Å²) < 4.78 is 25.4. The molecule has 1 heterocycles. The van der Waals surface area contributed by atoms with Gasteiger partial charge in [0.25, 0.3) is 15.9 Å². The van der Waals surface area contributed by atoms with Gasteiger partial charge < -0.3 is 5.32 Å². The molecule has 0 fully saturated rings. The van der Waals surface area contributed by atoms with E-state index in [-0.39, 0.29) is 22.8 Å². The van der Waals surface area contributed by atoms with Crippen molar-refractivity contribution < 1.29 is 18.0 Å². The Hall–Kier alpha value is -2.38. The van der Waals surface area contributed by atoms with Gasteiger partial charge in [-0.15, -0.1) is 0 Å². The molecule has 0 atom stereocenters. The number of hydrogen-bond donors (Lipinski definition) is 2. The van der Waals surface area contributed by atoms with Gasteiger partial charge in [0.15, 0.2) is 0 Å². The summed E-state index contributed by atoms with van der Waals surface area (Å²) in [6.45, 7) is 0. The summed E-state index contributed by atoms with van der Waals surface area (Å²) in [6, 6.07) is 11.0. The Morgan fingerprint density at radius 3 is 2.65 bits per heavy atom. The SMILES string of the molecule is O=C(Cc1ccccc1Cl)Nc1ccc2c(c1)S(=O)(=O)NC2=O. The molecule has 6 nitrogen and oxygen atoms in total. The molecule has 2 aromatic rings. The zero-order valence-corrected chi connectivity index (χ0v) is 13.2. The fraction of sp³-hybridized carbons (Fsp3) is 0.0667. The highest BCUT2D eigenvalue weighted by molar-refractivity contribution is 7.90. The number of hydrogen-bond acceptors (Lipinski definition) is 4. The number of anilines is 1. The molecule has 0 bridgehead atoms. The maximum absolute atomic E-state index is 12.1. The highest BCUT2D eigenvalue weighted by Crippen LogP contribution is 2.26. The van der Waals surface area contributed by atoms with Crippen LogP contribution in [0.1, 0.15) is 15.9 Å². The van der Waals surface area contributed by atoms with E-state index < -0.39 is 15.9 Å². The normalized spacial score (nSPS) is 14.9. The first kappa shape index (κ1) is 15.5. The standard InChI is InChI=1S/C15H11ClN2O4S/c16-12-4-2-1-3-9(12)7-14(19)17-10-5-6-11-13(8-10)23(21,22)18-15(11)20/h1-6,8H,7H2,(H,17,19)(H,18,20). The highest BCUT2D eigenvalue weighted by atomic mass is 35.5. The average Bonchev–Trinajstić information content (AvgIpc) is 2.71. The van der Waals surface area contributed by atoms with Crippen molar-refractivity contribution in [3.05, 3.63) is 58.6 Å². The predicted molar refractivity (Wildman–Crippen MR) is 84.9 cm³/mol. The number of rotatable bonds is 3. The molecule has 2 N–H and O–H groups in total. The molecule has 23 heavy (non-hydrogen) atoms. The summed E-state index contributed by atoms with van der Waals surface area (Å²) in [5.74, 6) is -1.01.